The van der Waals surface area contributed by atoms with Crippen LogP contribution in [-0.2, 0) is 13.4 Å². The lowest BCUT2D eigenvalue weighted by Crippen LogP contribution is -2.32. The van der Waals surface area contributed by atoms with Gasteiger partial charge in [0.15, 0.2) is 6.20 Å². The quantitative estimate of drug-likeness (QED) is 0.477. The Kier molecular flexibility index (Phi) is 2.75. The number of hydrogen-bond donors (Lipinski definition) is 0. The van der Waals surface area contributed by atoms with Crippen LogP contribution < -0.4 is 4.57 Å². The van der Waals surface area contributed by atoms with E-state index in [4.69, 9.17) is 15.1 Å². The Morgan fingerprint density at radius 2 is 1.63 bits per heavy atom. The van der Waals surface area contributed by atoms with E-state index in [1.807, 2.05) is 0 Å². The molecule has 0 amide bonds. The van der Waals surface area contributed by atoms with E-state index in [0.717, 1.165) is 0 Å². The highest BCUT2D eigenvalue weighted by atomic mass is 14.9. The minimum Gasteiger partial charge on any atom is -0.201 e. The van der Waals surface area contributed by atoms with Gasteiger partial charge in [0.25, 0.3) is 0 Å². The normalized spacial score (nSPS) is 19.2. The number of aromatic nitrogens is 1. The first-order valence-corrected chi connectivity index (χ1v) is 8.97. The van der Waals surface area contributed by atoms with Crippen molar-refractivity contribution < 1.29 is 19.6 Å². The lowest BCUT2D eigenvalue weighted by molar-refractivity contribution is -0.660. The second-order valence-electron chi connectivity index (χ2n) is 7.15. The van der Waals surface area contributed by atoms with E-state index < -0.39 is 32.8 Å². The summed E-state index contributed by atoms with van der Waals surface area (Å²) in [5, 5.41) is 0. The van der Waals surface area contributed by atoms with Gasteiger partial charge < -0.3 is 0 Å². The van der Waals surface area contributed by atoms with Crippen LogP contribution in [0.5, 0.6) is 0 Å². The topological polar surface area (TPSA) is 3.88 Å². The Balaban J connectivity index is 2.46. The lowest BCUT2D eigenvalue weighted by Gasteiger charge is -2.15. The summed E-state index contributed by atoms with van der Waals surface area (Å²) in [7, 11) is 1.65. The van der Waals surface area contributed by atoms with Gasteiger partial charge in [0.05, 0.1) is 0 Å². The van der Waals surface area contributed by atoms with Gasteiger partial charge in [-0.1, -0.05) is 44.2 Å². The third-order valence-electron chi connectivity index (χ3n) is 4.58. The molecule has 0 aliphatic heterocycles. The summed E-state index contributed by atoms with van der Waals surface area (Å²) in [5.74, 6) is -0.523. The minimum absolute atomic E-state index is 0.00468. The summed E-state index contributed by atoms with van der Waals surface area (Å²) in [6.45, 7) is -2.50. The van der Waals surface area contributed by atoms with Crippen LogP contribution in [0.2, 0.25) is 0 Å². The van der Waals surface area contributed by atoms with Gasteiger partial charge in [-0.3, -0.25) is 0 Å². The molecule has 140 valence electrons. The summed E-state index contributed by atoms with van der Waals surface area (Å²) in [4.78, 5) is 0. The molecule has 2 aromatic carbocycles. The lowest BCUT2D eigenvalue weighted by atomic mass is 9.90. The SMILES string of the molecule is [2H]C([2H])([2H])c1ccccc1-c1cc(-c2cc(C([2H])([2H])C(C)C)c(C([2H])([2H])[2H])c[n+]2C)c(C)cc1C([2H])([2H])[2H]. The Bertz CT molecular complexity index is 1350. The van der Waals surface area contributed by atoms with Crippen LogP contribution >= 0.6 is 0 Å². The van der Waals surface area contributed by atoms with Gasteiger partial charge in [-0.15, -0.1) is 0 Å². The molecule has 3 rings (SSSR count). The molecule has 0 radical (unpaired) electrons. The number of pyridine rings is 1. The van der Waals surface area contributed by atoms with Crippen LogP contribution in [-0.4, -0.2) is 0 Å². The maximum Gasteiger partial charge on any atom is 0.212 e. The van der Waals surface area contributed by atoms with Gasteiger partial charge in [0.1, 0.15) is 7.05 Å². The minimum atomic E-state index is -2.56. The van der Waals surface area contributed by atoms with Gasteiger partial charge in [-0.25, -0.2) is 4.57 Å². The standard InChI is InChI=1S/C26H32N/c1-17(2)12-22-14-26(27(7)16-21(22)6)25-15-24(19(4)13-20(25)5)23-11-9-8-10-18(23)3/h8-11,13-17H,12H2,1-7H3/q+1/i3D3,4D3,6D3,12D2. The molecule has 1 heterocycles. The Hall–Kier alpha value is -2.41. The van der Waals surface area contributed by atoms with E-state index in [0.29, 0.717) is 16.8 Å². The van der Waals surface area contributed by atoms with E-state index in [9.17, 15) is 0 Å². The molecule has 0 N–H and O–H groups in total. The molecule has 1 aromatic heterocycles. The fourth-order valence-corrected chi connectivity index (χ4v) is 3.27. The molecule has 1 nitrogen and oxygen atoms in total. The Morgan fingerprint density at radius 1 is 0.889 bits per heavy atom. The maximum atomic E-state index is 8.69. The van der Waals surface area contributed by atoms with Crippen molar-refractivity contribution in [3.8, 4) is 22.4 Å². The fraction of sp³-hybridized carbons (Fsp3) is 0.346. The third-order valence-corrected chi connectivity index (χ3v) is 4.58. The third kappa shape index (κ3) is 3.98. The molecule has 0 atom stereocenters. The van der Waals surface area contributed by atoms with Crippen LogP contribution in [0.15, 0.2) is 48.7 Å². The largest absolute Gasteiger partial charge is 0.212 e. The van der Waals surface area contributed by atoms with E-state index >= 15 is 0 Å². The molecule has 0 bridgehead atoms. The first-order chi connectivity index (χ1) is 17.2. The van der Waals surface area contributed by atoms with Crippen molar-refractivity contribution in [2.45, 2.75) is 47.7 Å². The summed E-state index contributed by atoms with van der Waals surface area (Å²) in [6.07, 6.45) is -0.568. The molecule has 0 saturated heterocycles. The monoisotopic (exact) mass is 369 g/mol. The molecule has 1 heteroatoms. The van der Waals surface area contributed by atoms with Crippen molar-refractivity contribution >= 4 is 0 Å². The summed E-state index contributed by atoms with van der Waals surface area (Å²) < 4.78 is 91.4. The van der Waals surface area contributed by atoms with Crippen LogP contribution in [0.25, 0.3) is 22.4 Å². The summed E-state index contributed by atoms with van der Waals surface area (Å²) in [6, 6.07) is 10.9. The van der Waals surface area contributed by atoms with Gasteiger partial charge in [0.2, 0.25) is 5.69 Å². The van der Waals surface area contributed by atoms with Gasteiger partial charge >= 0.3 is 0 Å². The molecule has 27 heavy (non-hydrogen) atoms. The average Bonchev–Trinajstić information content (AvgIpc) is 2.77. The van der Waals surface area contributed by atoms with Gasteiger partial charge in [0, 0.05) is 32.3 Å². The van der Waals surface area contributed by atoms with Crippen molar-refractivity contribution in [3.63, 3.8) is 0 Å². The zero-order valence-corrected chi connectivity index (χ0v) is 16.1. The molecular formula is C26H32N+. The molecular weight excluding hydrogens is 326 g/mol. The van der Waals surface area contributed by atoms with Gasteiger partial charge in [-0.2, -0.15) is 0 Å². The molecule has 0 saturated carbocycles. The highest BCUT2D eigenvalue weighted by Crippen LogP contribution is 2.33. The Morgan fingerprint density at radius 3 is 2.33 bits per heavy atom. The predicted octanol–water partition coefficient (Wildman–Crippen LogP) is 6.28. The summed E-state index contributed by atoms with van der Waals surface area (Å²) in [5.41, 5.74) is 2.00. The summed E-state index contributed by atoms with van der Waals surface area (Å²) >= 11 is 0. The van der Waals surface area contributed by atoms with Crippen molar-refractivity contribution in [2.24, 2.45) is 13.0 Å². The second kappa shape index (κ2) is 7.68. The fourth-order valence-electron chi connectivity index (χ4n) is 3.27. The van der Waals surface area contributed by atoms with E-state index in [2.05, 4.69) is 0 Å². The first-order valence-electron chi connectivity index (χ1n) is 14.5. The number of aryl methyl sites for hydroxylation is 5. The van der Waals surface area contributed by atoms with Gasteiger partial charge in [-0.05, 0) is 79.2 Å². The van der Waals surface area contributed by atoms with Crippen LogP contribution in [0, 0.1) is 33.4 Å². The maximum absolute atomic E-state index is 8.69. The van der Waals surface area contributed by atoms with Crippen molar-refractivity contribution in [1.29, 1.82) is 0 Å². The van der Waals surface area contributed by atoms with Crippen LogP contribution in [0.4, 0.5) is 0 Å². The molecule has 0 aliphatic carbocycles. The second-order valence-corrected chi connectivity index (χ2v) is 7.15. The highest BCUT2D eigenvalue weighted by molar-refractivity contribution is 5.77. The molecule has 0 aliphatic rings. The number of nitrogens with zero attached hydrogens (tertiary/aromatic N) is 1. The molecule has 3 aromatic rings. The first kappa shape index (κ1) is 9.68. The smallest absolute Gasteiger partial charge is 0.201 e. The van der Waals surface area contributed by atoms with E-state index in [-0.39, 0.29) is 33.4 Å². The predicted molar refractivity (Wildman–Crippen MR) is 116 cm³/mol. The zero-order valence-electron chi connectivity index (χ0n) is 27.1. The molecule has 0 unspecified atom stereocenters. The average molecular weight is 370 g/mol. The van der Waals surface area contributed by atoms with E-state index in [1.165, 1.54) is 24.4 Å². The van der Waals surface area contributed by atoms with Crippen molar-refractivity contribution in [1.82, 2.24) is 0 Å². The van der Waals surface area contributed by atoms with Crippen LogP contribution in [0.1, 0.15) is 56.7 Å². The highest BCUT2D eigenvalue weighted by Gasteiger charge is 2.18. The number of rotatable bonds is 4. The van der Waals surface area contributed by atoms with Crippen molar-refractivity contribution in [3.05, 3.63) is 76.5 Å². The van der Waals surface area contributed by atoms with E-state index in [1.54, 1.807) is 56.7 Å². The number of benzene rings is 2. The zero-order chi connectivity index (χ0) is 29.0. The molecule has 0 fully saturated rings. The van der Waals surface area contributed by atoms with Crippen molar-refractivity contribution in [2.75, 3.05) is 0 Å². The Labute approximate surface area is 180 Å². The number of hydrogen-bond acceptors (Lipinski definition) is 0. The van der Waals surface area contributed by atoms with Crippen LogP contribution in [0.3, 0.4) is 0 Å². The molecule has 0 spiro atoms.